The Balaban J connectivity index is 0.000000163. The van der Waals surface area contributed by atoms with Crippen molar-refractivity contribution in [2.24, 2.45) is 0 Å². The van der Waals surface area contributed by atoms with E-state index in [0.29, 0.717) is 0 Å². The summed E-state index contributed by atoms with van der Waals surface area (Å²) in [7, 11) is 0. The van der Waals surface area contributed by atoms with Crippen LogP contribution in [0.25, 0.3) is 0 Å². The van der Waals surface area contributed by atoms with Crippen LogP contribution in [0.3, 0.4) is 0 Å². The molecule has 2 aliphatic carbocycles. The summed E-state index contributed by atoms with van der Waals surface area (Å²) in [4.78, 5) is 0. The van der Waals surface area contributed by atoms with Crippen LogP contribution in [0.5, 0.6) is 0 Å². The van der Waals surface area contributed by atoms with Crippen LogP contribution in [0.4, 0.5) is 0 Å². The van der Waals surface area contributed by atoms with Crippen molar-refractivity contribution in [3.63, 3.8) is 0 Å². The Bertz CT molecular complexity index is 1220. The van der Waals surface area contributed by atoms with E-state index in [-0.39, 0.29) is 37.0 Å². The van der Waals surface area contributed by atoms with Crippen molar-refractivity contribution in [3.05, 3.63) is 68.8 Å². The molecular weight excluding hydrogens is 655 g/mol. The average molecular weight is 701 g/mol. The summed E-state index contributed by atoms with van der Waals surface area (Å²) in [6, 6.07) is 15.5. The Kier molecular flexibility index (Phi) is 13.8. The fourth-order valence-corrected chi connectivity index (χ4v) is 5.85. The molecule has 6 nitrogen and oxygen atoms in total. The number of aliphatic hydroxyl groups is 2. The van der Waals surface area contributed by atoms with E-state index >= 15 is 0 Å². The van der Waals surface area contributed by atoms with Crippen molar-refractivity contribution < 1.29 is 29.2 Å². The number of hydrogen-bond donors (Lipinski definition) is 2. The summed E-state index contributed by atoms with van der Waals surface area (Å²) >= 11 is 2.22. The Morgan fingerprint density at radius 2 is 1.33 bits per heavy atom. The topological polar surface area (TPSA) is 77.4 Å². The zero-order chi connectivity index (χ0) is 30.4. The Hall–Kier alpha value is -1.95. The zero-order valence-corrected chi connectivity index (χ0v) is 27.2. The molecule has 43 heavy (non-hydrogen) atoms. The predicted molar refractivity (Wildman–Crippen MR) is 176 cm³/mol. The Morgan fingerprint density at radius 1 is 0.767 bits per heavy atom. The largest absolute Gasteiger partial charge is 0.392 e. The lowest BCUT2D eigenvalue weighted by Crippen LogP contribution is -2.43. The predicted octanol–water partition coefficient (Wildman–Crippen LogP) is 6.87. The van der Waals surface area contributed by atoms with E-state index in [9.17, 15) is 5.11 Å². The molecule has 0 radical (unpaired) electrons. The maximum Gasteiger partial charge on any atom is 0.159 e. The minimum Gasteiger partial charge on any atom is -0.392 e. The second kappa shape index (κ2) is 17.5. The van der Waals surface area contributed by atoms with Gasteiger partial charge in [0.15, 0.2) is 12.6 Å². The van der Waals surface area contributed by atoms with E-state index in [1.165, 1.54) is 22.8 Å². The molecule has 2 aliphatic heterocycles. The summed E-state index contributed by atoms with van der Waals surface area (Å²) < 4.78 is 24.3. The minimum atomic E-state index is -0.322. The smallest absolute Gasteiger partial charge is 0.159 e. The zero-order valence-electron chi connectivity index (χ0n) is 25.1. The molecule has 0 aromatic heterocycles. The third-order valence-corrected chi connectivity index (χ3v) is 8.86. The van der Waals surface area contributed by atoms with Crippen LogP contribution in [0.15, 0.2) is 48.5 Å². The molecule has 2 saturated heterocycles. The number of hydrogen-bond acceptors (Lipinski definition) is 6. The van der Waals surface area contributed by atoms with Crippen LogP contribution < -0.4 is 0 Å². The fourth-order valence-electron chi connectivity index (χ4n) is 5.24. The van der Waals surface area contributed by atoms with Crippen molar-refractivity contribution >= 4 is 22.6 Å². The molecule has 0 amide bonds. The van der Waals surface area contributed by atoms with Crippen molar-refractivity contribution in [2.75, 3.05) is 13.2 Å². The van der Waals surface area contributed by atoms with E-state index in [2.05, 4.69) is 40.4 Å². The molecule has 2 aromatic rings. The molecule has 4 aliphatic rings. The summed E-state index contributed by atoms with van der Waals surface area (Å²) in [6.07, 6.45) is 18.3. The molecular formula is C36H45IO6. The van der Waals surface area contributed by atoms with Crippen molar-refractivity contribution in [1.82, 2.24) is 0 Å². The maximum absolute atomic E-state index is 9.17. The molecule has 4 fully saturated rings. The van der Waals surface area contributed by atoms with Gasteiger partial charge in [-0.3, -0.25) is 0 Å². The third kappa shape index (κ3) is 10.9. The lowest BCUT2D eigenvalue weighted by atomic mass is 9.80. The van der Waals surface area contributed by atoms with Crippen LogP contribution >= 0.6 is 22.6 Å². The first-order valence-electron chi connectivity index (χ1n) is 15.6. The van der Waals surface area contributed by atoms with Gasteiger partial charge in [0, 0.05) is 22.3 Å². The molecule has 0 bridgehead atoms. The van der Waals surface area contributed by atoms with Gasteiger partial charge in [-0.2, -0.15) is 0 Å². The van der Waals surface area contributed by atoms with Crippen LogP contribution in [0.2, 0.25) is 0 Å². The van der Waals surface area contributed by atoms with Gasteiger partial charge in [0.2, 0.25) is 0 Å². The van der Waals surface area contributed by atoms with E-state index < -0.39 is 0 Å². The Labute approximate surface area is 271 Å². The molecule has 7 heteroatoms. The summed E-state index contributed by atoms with van der Waals surface area (Å²) in [5.41, 5.74) is 2.20. The van der Waals surface area contributed by atoms with Crippen molar-refractivity contribution in [3.8, 4) is 24.2 Å². The highest BCUT2D eigenvalue weighted by molar-refractivity contribution is 14.1. The molecule has 0 spiro atoms. The SMILES string of the molecule is C#CC1(OC2CCCCO2)CCC1.OCc1cccc(C#CC2(OC3CCCCO3)CCC2)c1.OCc1cccc(I)c1. The summed E-state index contributed by atoms with van der Waals surface area (Å²) in [6.45, 7) is 1.81. The number of rotatable bonds is 6. The van der Waals surface area contributed by atoms with Crippen LogP contribution in [0, 0.1) is 27.8 Å². The maximum atomic E-state index is 9.17. The summed E-state index contributed by atoms with van der Waals surface area (Å²) in [5, 5.41) is 17.8. The number of terminal acetylenes is 1. The number of ether oxygens (including phenoxy) is 4. The van der Waals surface area contributed by atoms with Gasteiger partial charge in [-0.1, -0.05) is 42.0 Å². The highest BCUT2D eigenvalue weighted by Gasteiger charge is 2.40. The first-order chi connectivity index (χ1) is 21.0. The summed E-state index contributed by atoms with van der Waals surface area (Å²) in [5.74, 6) is 9.28. The molecule has 2 atom stereocenters. The highest BCUT2D eigenvalue weighted by Crippen LogP contribution is 2.38. The van der Waals surface area contributed by atoms with Gasteiger partial charge < -0.3 is 29.2 Å². The van der Waals surface area contributed by atoms with Crippen LogP contribution in [-0.4, -0.2) is 47.2 Å². The second-order valence-electron chi connectivity index (χ2n) is 11.6. The number of benzene rings is 2. The molecule has 2 N–H and O–H groups in total. The first kappa shape index (κ1) is 33.9. The normalized spacial score (nSPS) is 23.2. The molecule has 2 aromatic carbocycles. The second-order valence-corrected chi connectivity index (χ2v) is 12.8. The van der Waals surface area contributed by atoms with Gasteiger partial charge in [0.05, 0.1) is 13.2 Å². The third-order valence-electron chi connectivity index (χ3n) is 8.19. The van der Waals surface area contributed by atoms with Gasteiger partial charge in [0.25, 0.3) is 0 Å². The van der Waals surface area contributed by atoms with Crippen LogP contribution in [0.1, 0.15) is 93.7 Å². The molecule has 6 rings (SSSR count). The molecule has 2 saturated carbocycles. The van der Waals surface area contributed by atoms with E-state index in [0.717, 1.165) is 87.7 Å². The quantitative estimate of drug-likeness (QED) is 0.253. The Morgan fingerprint density at radius 3 is 1.77 bits per heavy atom. The van der Waals surface area contributed by atoms with Crippen molar-refractivity contribution in [1.29, 1.82) is 0 Å². The van der Waals surface area contributed by atoms with E-state index in [1.54, 1.807) is 0 Å². The van der Waals surface area contributed by atoms with Crippen LogP contribution in [-0.2, 0) is 32.2 Å². The van der Waals surface area contributed by atoms with Gasteiger partial charge in [0.1, 0.15) is 11.2 Å². The first-order valence-corrected chi connectivity index (χ1v) is 16.7. The fraction of sp³-hybridized carbons (Fsp3) is 0.556. The van der Waals surface area contributed by atoms with Gasteiger partial charge in [-0.15, -0.1) is 6.42 Å². The van der Waals surface area contributed by atoms with Gasteiger partial charge in [-0.25, -0.2) is 0 Å². The average Bonchev–Trinajstić information content (AvgIpc) is 3.02. The van der Waals surface area contributed by atoms with Gasteiger partial charge in [-0.05, 0) is 135 Å². The molecule has 2 unspecified atom stereocenters. The number of aliphatic hydroxyl groups excluding tert-OH is 2. The monoisotopic (exact) mass is 700 g/mol. The van der Waals surface area contributed by atoms with Crippen molar-refractivity contribution in [2.45, 2.75) is 114 Å². The van der Waals surface area contributed by atoms with E-state index in [4.69, 9.17) is 30.5 Å². The van der Waals surface area contributed by atoms with Gasteiger partial charge >= 0.3 is 0 Å². The van der Waals surface area contributed by atoms with E-state index in [1.807, 2.05) is 48.5 Å². The molecule has 232 valence electrons. The lowest BCUT2D eigenvalue weighted by molar-refractivity contribution is -0.226. The molecule has 2 heterocycles. The number of halogens is 1. The standard InChI is InChI=1S/C18H22O3.C11H16O2.C7H7IO/c19-14-16-6-3-5-15(13-16)8-11-18(9-4-10-18)21-17-7-1-2-12-20-17;1-2-11(7-5-8-11)13-10-6-3-4-9-12-10;8-7-3-1-2-6(4-7)5-9/h3,5-6,13,17,19H,1-2,4,7,9-10,12,14H2;1,10H,3-9H2;1-4,9H,5H2. The lowest BCUT2D eigenvalue weighted by Gasteiger charge is -2.40. The minimum absolute atomic E-state index is 0.0369. The highest BCUT2D eigenvalue weighted by atomic mass is 127.